The van der Waals surface area contributed by atoms with E-state index in [1.54, 1.807) is 6.26 Å². The molecular weight excluding hydrogens is 230 g/mol. The number of nitrogens with zero attached hydrogens (tertiary/aromatic N) is 2. The van der Waals surface area contributed by atoms with Gasteiger partial charge in [-0.1, -0.05) is 13.8 Å². The number of rotatable bonds is 5. The van der Waals surface area contributed by atoms with Crippen molar-refractivity contribution in [2.24, 2.45) is 0 Å². The van der Waals surface area contributed by atoms with E-state index in [-0.39, 0.29) is 5.25 Å². The predicted molar refractivity (Wildman–Crippen MR) is 64.9 cm³/mol. The number of nitrogens with one attached hydrogen (secondary N) is 1. The average molecular weight is 247 g/mol. The number of H-pyrrole nitrogens is 1. The lowest BCUT2D eigenvalue weighted by atomic mass is 10.3. The van der Waals surface area contributed by atoms with Gasteiger partial charge in [-0.15, -0.1) is 0 Å². The van der Waals surface area contributed by atoms with Gasteiger partial charge < -0.3 is 4.57 Å². The fraction of sp³-hybridized carbons (Fsp3) is 0.778. The largest absolute Gasteiger partial charge is 0.304 e. The summed E-state index contributed by atoms with van der Waals surface area (Å²) in [6.07, 6.45) is 3.46. The molecule has 2 unspecified atom stereocenters. The third-order valence-corrected chi connectivity index (χ3v) is 4.16. The molecular formula is C9H17N3OS2. The molecule has 0 saturated carbocycles. The van der Waals surface area contributed by atoms with Crippen molar-refractivity contribution in [3.8, 4) is 0 Å². The van der Waals surface area contributed by atoms with E-state index in [9.17, 15) is 4.21 Å². The van der Waals surface area contributed by atoms with Gasteiger partial charge in [0.15, 0.2) is 4.77 Å². The molecule has 0 saturated heterocycles. The van der Waals surface area contributed by atoms with E-state index in [1.807, 2.05) is 18.4 Å². The summed E-state index contributed by atoms with van der Waals surface area (Å²) in [4.78, 5) is 0. The maximum absolute atomic E-state index is 11.2. The molecule has 0 aliphatic heterocycles. The quantitative estimate of drug-likeness (QED) is 0.805. The normalized spacial score (nSPS) is 15.1. The minimum absolute atomic E-state index is 0.200. The van der Waals surface area contributed by atoms with Crippen molar-refractivity contribution in [3.63, 3.8) is 0 Å². The summed E-state index contributed by atoms with van der Waals surface area (Å²) in [5.74, 6) is 0.967. The number of aryl methyl sites for hydroxylation is 1. The second-order valence-corrected chi connectivity index (χ2v) is 5.74. The van der Waals surface area contributed by atoms with Crippen LogP contribution < -0.4 is 0 Å². The zero-order valence-corrected chi connectivity index (χ0v) is 11.0. The molecule has 1 heterocycles. The first kappa shape index (κ1) is 12.6. The van der Waals surface area contributed by atoms with E-state index < -0.39 is 10.8 Å². The fourth-order valence-corrected chi connectivity index (χ4v) is 2.01. The van der Waals surface area contributed by atoms with E-state index in [0.717, 1.165) is 25.2 Å². The highest BCUT2D eigenvalue weighted by molar-refractivity contribution is 7.84. The van der Waals surface area contributed by atoms with Crippen LogP contribution in [0.3, 0.4) is 0 Å². The maximum Gasteiger partial charge on any atom is 0.195 e. The Labute approximate surface area is 97.5 Å². The Hall–Kier alpha value is -0.490. The van der Waals surface area contributed by atoms with Crippen LogP contribution in [0.1, 0.15) is 26.1 Å². The Kier molecular flexibility index (Phi) is 4.66. The van der Waals surface area contributed by atoms with E-state index in [1.165, 1.54) is 0 Å². The third-order valence-electron chi connectivity index (χ3n) is 2.48. The zero-order chi connectivity index (χ0) is 11.4. The first-order valence-electron chi connectivity index (χ1n) is 5.02. The Balaban J connectivity index is 2.68. The van der Waals surface area contributed by atoms with Crippen molar-refractivity contribution in [1.29, 1.82) is 0 Å². The zero-order valence-electron chi connectivity index (χ0n) is 9.32. The standard InChI is InChI=1S/C9H17N3OS2/c1-4-8-10-11-9(14)12(8)6-5-7(2)15(3)13/h7H,4-6H2,1-3H3,(H,11,14). The Morgan fingerprint density at radius 3 is 2.87 bits per heavy atom. The Bertz CT molecular complexity index is 396. The summed E-state index contributed by atoms with van der Waals surface area (Å²) < 4.78 is 13.8. The number of aromatic nitrogens is 3. The van der Waals surface area contributed by atoms with Crippen molar-refractivity contribution in [1.82, 2.24) is 14.8 Å². The lowest BCUT2D eigenvalue weighted by Gasteiger charge is -2.09. The third kappa shape index (κ3) is 3.24. The van der Waals surface area contributed by atoms with E-state index in [4.69, 9.17) is 12.2 Å². The smallest absolute Gasteiger partial charge is 0.195 e. The maximum atomic E-state index is 11.2. The highest BCUT2D eigenvalue weighted by Crippen LogP contribution is 2.05. The van der Waals surface area contributed by atoms with E-state index in [0.29, 0.717) is 4.77 Å². The summed E-state index contributed by atoms with van der Waals surface area (Å²) in [7, 11) is -0.765. The first-order valence-corrected chi connectivity index (χ1v) is 7.05. The van der Waals surface area contributed by atoms with Crippen LogP contribution >= 0.6 is 12.2 Å². The lowest BCUT2D eigenvalue weighted by Crippen LogP contribution is -2.14. The molecule has 2 atom stereocenters. The second kappa shape index (κ2) is 5.55. The van der Waals surface area contributed by atoms with Crippen molar-refractivity contribution < 1.29 is 4.21 Å². The molecule has 4 nitrogen and oxygen atoms in total. The van der Waals surface area contributed by atoms with Crippen LogP contribution in [0.15, 0.2) is 0 Å². The molecule has 0 bridgehead atoms. The van der Waals surface area contributed by atoms with Gasteiger partial charge in [0.1, 0.15) is 5.82 Å². The molecule has 0 amide bonds. The second-order valence-electron chi connectivity index (χ2n) is 3.55. The highest BCUT2D eigenvalue weighted by atomic mass is 32.2. The molecule has 1 rings (SSSR count). The molecule has 6 heteroatoms. The van der Waals surface area contributed by atoms with Gasteiger partial charge in [-0.05, 0) is 18.6 Å². The summed E-state index contributed by atoms with van der Waals surface area (Å²) >= 11 is 5.13. The summed E-state index contributed by atoms with van der Waals surface area (Å²) in [6, 6.07) is 0. The van der Waals surface area contributed by atoms with Gasteiger partial charge in [-0.25, -0.2) is 0 Å². The average Bonchev–Trinajstić information content (AvgIpc) is 2.55. The van der Waals surface area contributed by atoms with Crippen LogP contribution in [0, 0.1) is 4.77 Å². The van der Waals surface area contributed by atoms with Crippen LogP contribution in [-0.2, 0) is 23.8 Å². The van der Waals surface area contributed by atoms with Crippen molar-refractivity contribution in [2.75, 3.05) is 6.26 Å². The molecule has 1 aromatic rings. The number of aromatic amines is 1. The van der Waals surface area contributed by atoms with E-state index >= 15 is 0 Å². The van der Waals surface area contributed by atoms with Crippen LogP contribution in [0.5, 0.6) is 0 Å². The molecule has 0 radical (unpaired) electrons. The van der Waals surface area contributed by atoms with Crippen molar-refractivity contribution >= 4 is 23.0 Å². The minimum Gasteiger partial charge on any atom is -0.304 e. The molecule has 1 N–H and O–H groups in total. The van der Waals surface area contributed by atoms with Crippen molar-refractivity contribution in [3.05, 3.63) is 10.6 Å². The molecule has 15 heavy (non-hydrogen) atoms. The van der Waals surface area contributed by atoms with Gasteiger partial charge in [0.2, 0.25) is 0 Å². The van der Waals surface area contributed by atoms with Crippen LogP contribution in [0.25, 0.3) is 0 Å². The minimum atomic E-state index is -0.765. The highest BCUT2D eigenvalue weighted by Gasteiger charge is 2.09. The lowest BCUT2D eigenvalue weighted by molar-refractivity contribution is 0.594. The summed E-state index contributed by atoms with van der Waals surface area (Å²) in [6.45, 7) is 4.83. The Morgan fingerprint density at radius 1 is 1.67 bits per heavy atom. The Morgan fingerprint density at radius 2 is 2.33 bits per heavy atom. The van der Waals surface area contributed by atoms with E-state index in [2.05, 4.69) is 10.2 Å². The first-order chi connectivity index (χ1) is 7.06. The van der Waals surface area contributed by atoms with Gasteiger partial charge >= 0.3 is 0 Å². The SMILES string of the molecule is CCc1n[nH]c(=S)n1CCC(C)S(C)=O. The van der Waals surface area contributed by atoms with Gasteiger partial charge in [-0.2, -0.15) is 5.10 Å². The van der Waals surface area contributed by atoms with Gasteiger partial charge in [0.25, 0.3) is 0 Å². The molecule has 0 aromatic carbocycles. The molecule has 1 aromatic heterocycles. The molecule has 0 spiro atoms. The van der Waals surface area contributed by atoms with Gasteiger partial charge in [0.05, 0.1) is 0 Å². The topological polar surface area (TPSA) is 50.7 Å². The predicted octanol–water partition coefficient (Wildman–Crippen LogP) is 1.66. The van der Waals surface area contributed by atoms with Crippen molar-refractivity contribution in [2.45, 2.75) is 38.5 Å². The summed E-state index contributed by atoms with van der Waals surface area (Å²) in [5, 5.41) is 7.11. The summed E-state index contributed by atoms with van der Waals surface area (Å²) in [5.41, 5.74) is 0. The number of hydrogen-bond acceptors (Lipinski definition) is 3. The molecule has 86 valence electrons. The van der Waals surface area contributed by atoms with Crippen LogP contribution in [0.2, 0.25) is 0 Å². The van der Waals surface area contributed by atoms with Crippen LogP contribution in [-0.4, -0.2) is 30.5 Å². The van der Waals surface area contributed by atoms with Gasteiger partial charge in [0, 0.05) is 35.3 Å². The molecule has 0 aliphatic carbocycles. The van der Waals surface area contributed by atoms with Crippen LogP contribution in [0.4, 0.5) is 0 Å². The molecule has 0 aliphatic rings. The number of hydrogen-bond donors (Lipinski definition) is 1. The molecule has 0 fully saturated rings. The fourth-order valence-electron chi connectivity index (χ4n) is 1.33. The monoisotopic (exact) mass is 247 g/mol. The van der Waals surface area contributed by atoms with Gasteiger partial charge in [-0.3, -0.25) is 9.31 Å².